The van der Waals surface area contributed by atoms with Gasteiger partial charge in [-0.15, -0.1) is 0 Å². The summed E-state index contributed by atoms with van der Waals surface area (Å²) in [6, 6.07) is 11.0. The third kappa shape index (κ3) is 4.72. The summed E-state index contributed by atoms with van der Waals surface area (Å²) in [7, 11) is 0. The van der Waals surface area contributed by atoms with E-state index < -0.39 is 12.7 Å². The average molecular weight is 417 g/mol. The van der Waals surface area contributed by atoms with Crippen LogP contribution in [-0.2, 0) is 0 Å². The van der Waals surface area contributed by atoms with E-state index in [1.807, 2.05) is 0 Å². The topological polar surface area (TPSA) is 107 Å². The number of amides is 1. The lowest BCUT2D eigenvalue weighted by Crippen LogP contribution is -2.49. The number of carbonyl (C=O) groups excluding carboxylic acids is 2. The highest BCUT2D eigenvalue weighted by Crippen LogP contribution is 2.28. The van der Waals surface area contributed by atoms with E-state index in [0.29, 0.717) is 29.7 Å². The van der Waals surface area contributed by atoms with Crippen molar-refractivity contribution in [2.24, 2.45) is 0 Å². The zero-order valence-corrected chi connectivity index (χ0v) is 16.5. The molecule has 2 aromatic carbocycles. The highest BCUT2D eigenvalue weighted by molar-refractivity contribution is 7.99. The second-order valence-electron chi connectivity index (χ2n) is 6.63. The minimum Gasteiger partial charge on any atom is -0.507 e. The summed E-state index contributed by atoms with van der Waals surface area (Å²) in [5, 5.41) is 29.1. The van der Waals surface area contributed by atoms with Gasteiger partial charge in [0.2, 0.25) is 0 Å². The lowest BCUT2D eigenvalue weighted by atomic mass is 10.0. The zero-order chi connectivity index (χ0) is 20.8. The number of hydrogen-bond acceptors (Lipinski definition) is 7. The number of thioether (sulfide) groups is 1. The third-order valence-corrected chi connectivity index (χ3v) is 5.90. The Morgan fingerprint density at radius 2 is 2.07 bits per heavy atom. The highest BCUT2D eigenvalue weighted by Gasteiger charge is 2.30. The van der Waals surface area contributed by atoms with E-state index in [4.69, 9.17) is 4.74 Å². The fourth-order valence-corrected chi connectivity index (χ4v) is 4.30. The van der Waals surface area contributed by atoms with Crippen LogP contribution in [0.2, 0.25) is 0 Å². The van der Waals surface area contributed by atoms with Gasteiger partial charge in [-0.05, 0) is 23.8 Å². The molecule has 0 spiro atoms. The summed E-state index contributed by atoms with van der Waals surface area (Å²) in [6.07, 6.45) is -0.595. The van der Waals surface area contributed by atoms with Crippen molar-refractivity contribution in [3.63, 3.8) is 0 Å². The number of hydrogen-bond donors (Lipinski definition) is 3. The number of aliphatic hydroxyl groups excluding tert-OH is 2. The molecule has 2 atom stereocenters. The average Bonchev–Trinajstić information content (AvgIpc) is 2.77. The van der Waals surface area contributed by atoms with Crippen LogP contribution in [0, 0.1) is 0 Å². The van der Waals surface area contributed by atoms with Crippen molar-refractivity contribution in [3.8, 4) is 11.5 Å². The molecule has 3 N–H and O–H groups in total. The van der Waals surface area contributed by atoms with Gasteiger partial charge in [-0.25, -0.2) is 0 Å². The number of nitrogens with zero attached hydrogens (tertiary/aromatic N) is 1. The summed E-state index contributed by atoms with van der Waals surface area (Å²) in [5.41, 5.74) is 0.802. The number of carbonyl (C=O) groups is 2. The molecular formula is C21H23NO6S. The van der Waals surface area contributed by atoms with Gasteiger partial charge in [0.05, 0.1) is 18.2 Å². The van der Waals surface area contributed by atoms with Crippen molar-refractivity contribution in [2.45, 2.75) is 12.1 Å². The molecule has 0 radical (unpaired) electrons. The normalized spacial score (nSPS) is 17.6. The number of ether oxygens (including phenoxy) is 1. The van der Waals surface area contributed by atoms with E-state index in [2.05, 4.69) is 0 Å². The Morgan fingerprint density at radius 3 is 2.83 bits per heavy atom. The molecular weight excluding hydrogens is 394 g/mol. The Morgan fingerprint density at radius 1 is 1.28 bits per heavy atom. The molecule has 0 aromatic heterocycles. The fourth-order valence-electron chi connectivity index (χ4n) is 3.26. The number of rotatable bonds is 7. The van der Waals surface area contributed by atoms with Crippen LogP contribution < -0.4 is 4.74 Å². The standard InChI is InChI=1S/C21H23NO6S/c23-10-17-18(25)6-3-7-20(17)28-12-14-13-29-9-8-22(14)21(27)16-5-2-1-4-15(16)19(26)11-24/h1-7,10,14,19,24-26H,8-9,11-13H2/t14-,19?/m1/s1. The molecule has 1 heterocycles. The largest absolute Gasteiger partial charge is 0.507 e. The van der Waals surface area contributed by atoms with Crippen molar-refractivity contribution >= 4 is 24.0 Å². The number of benzene rings is 2. The maximum Gasteiger partial charge on any atom is 0.254 e. The van der Waals surface area contributed by atoms with Crippen LogP contribution in [0.5, 0.6) is 11.5 Å². The number of phenolic OH excluding ortho intramolecular Hbond substituents is 1. The Hall–Kier alpha value is -2.55. The van der Waals surface area contributed by atoms with E-state index in [9.17, 15) is 24.9 Å². The van der Waals surface area contributed by atoms with Gasteiger partial charge >= 0.3 is 0 Å². The van der Waals surface area contributed by atoms with Crippen molar-refractivity contribution < 1.29 is 29.6 Å². The molecule has 1 amide bonds. The molecule has 29 heavy (non-hydrogen) atoms. The predicted octanol–water partition coefficient (Wildman–Crippen LogP) is 1.87. The van der Waals surface area contributed by atoms with Gasteiger partial charge in [0, 0.05) is 23.6 Å². The van der Waals surface area contributed by atoms with Crippen LogP contribution in [-0.4, -0.2) is 69.7 Å². The van der Waals surface area contributed by atoms with Crippen molar-refractivity contribution in [2.75, 3.05) is 31.3 Å². The SMILES string of the molecule is O=Cc1c(O)cccc1OC[C@@H]1CSCCN1C(=O)c1ccccc1C(O)CO. The fraction of sp³-hybridized carbons (Fsp3) is 0.333. The van der Waals surface area contributed by atoms with Crippen LogP contribution in [0.4, 0.5) is 0 Å². The van der Waals surface area contributed by atoms with E-state index >= 15 is 0 Å². The predicted molar refractivity (Wildman–Crippen MR) is 110 cm³/mol. The lowest BCUT2D eigenvalue weighted by molar-refractivity contribution is 0.0628. The molecule has 1 saturated heterocycles. The zero-order valence-electron chi connectivity index (χ0n) is 15.7. The maximum absolute atomic E-state index is 13.2. The Kier molecular flexibility index (Phi) is 7.13. The van der Waals surface area contributed by atoms with Gasteiger partial charge in [-0.1, -0.05) is 24.3 Å². The highest BCUT2D eigenvalue weighted by atomic mass is 32.2. The third-order valence-electron chi connectivity index (χ3n) is 4.80. The molecule has 1 aliphatic heterocycles. The van der Waals surface area contributed by atoms with Crippen LogP contribution in [0.3, 0.4) is 0 Å². The van der Waals surface area contributed by atoms with Gasteiger partial charge in [-0.3, -0.25) is 9.59 Å². The van der Waals surface area contributed by atoms with E-state index in [1.165, 1.54) is 6.07 Å². The second-order valence-corrected chi connectivity index (χ2v) is 7.78. The first-order valence-electron chi connectivity index (χ1n) is 9.23. The van der Waals surface area contributed by atoms with E-state index in [1.54, 1.807) is 53.1 Å². The van der Waals surface area contributed by atoms with Crippen LogP contribution >= 0.6 is 11.8 Å². The molecule has 154 valence electrons. The molecule has 1 aliphatic rings. The quantitative estimate of drug-likeness (QED) is 0.590. The first-order valence-corrected chi connectivity index (χ1v) is 10.4. The van der Waals surface area contributed by atoms with E-state index in [0.717, 1.165) is 5.75 Å². The molecule has 7 nitrogen and oxygen atoms in total. The lowest BCUT2D eigenvalue weighted by Gasteiger charge is -2.36. The maximum atomic E-state index is 13.2. The molecule has 0 saturated carbocycles. The first-order chi connectivity index (χ1) is 14.1. The molecule has 2 aromatic rings. The molecule has 1 fully saturated rings. The molecule has 0 bridgehead atoms. The molecule has 3 rings (SSSR count). The number of aliphatic hydroxyl groups is 2. The minimum absolute atomic E-state index is 0.0743. The van der Waals surface area contributed by atoms with E-state index in [-0.39, 0.29) is 35.6 Å². The van der Waals surface area contributed by atoms with Crippen LogP contribution in [0.1, 0.15) is 32.4 Å². The summed E-state index contributed by atoms with van der Waals surface area (Å²) in [5.74, 6) is 1.30. The summed E-state index contributed by atoms with van der Waals surface area (Å²) < 4.78 is 5.78. The number of phenols is 1. The van der Waals surface area contributed by atoms with Gasteiger partial charge in [0.1, 0.15) is 24.2 Å². The number of aromatic hydroxyl groups is 1. The Bertz CT molecular complexity index is 874. The van der Waals surface area contributed by atoms with Crippen LogP contribution in [0.15, 0.2) is 42.5 Å². The monoisotopic (exact) mass is 417 g/mol. The summed E-state index contributed by atoms with van der Waals surface area (Å²) >= 11 is 1.70. The Balaban J connectivity index is 1.79. The Labute approximate surface area is 172 Å². The summed E-state index contributed by atoms with van der Waals surface area (Å²) in [6.45, 7) is 0.202. The summed E-state index contributed by atoms with van der Waals surface area (Å²) in [4.78, 5) is 26.1. The van der Waals surface area contributed by atoms with Gasteiger partial charge in [-0.2, -0.15) is 11.8 Å². The molecule has 8 heteroatoms. The van der Waals surface area contributed by atoms with Crippen molar-refractivity contribution in [1.82, 2.24) is 4.90 Å². The first kappa shape index (κ1) is 21.2. The smallest absolute Gasteiger partial charge is 0.254 e. The van der Waals surface area contributed by atoms with Crippen molar-refractivity contribution in [1.29, 1.82) is 0 Å². The molecule has 0 aliphatic carbocycles. The van der Waals surface area contributed by atoms with Gasteiger partial charge in [0.25, 0.3) is 5.91 Å². The number of aldehydes is 1. The van der Waals surface area contributed by atoms with Crippen molar-refractivity contribution in [3.05, 3.63) is 59.2 Å². The van der Waals surface area contributed by atoms with Crippen LogP contribution in [0.25, 0.3) is 0 Å². The molecule has 1 unspecified atom stereocenters. The minimum atomic E-state index is -1.13. The second kappa shape index (κ2) is 9.78. The van der Waals surface area contributed by atoms with Gasteiger partial charge in [0.15, 0.2) is 6.29 Å². The van der Waals surface area contributed by atoms with Gasteiger partial charge < -0.3 is 25.0 Å².